The minimum absolute atomic E-state index is 0.0854. The molecule has 3 aliphatic rings. The third-order valence-corrected chi connectivity index (χ3v) is 7.83. The van der Waals surface area contributed by atoms with E-state index in [0.717, 1.165) is 56.7 Å². The number of carbonyl (C=O) groups is 1. The second-order valence-electron chi connectivity index (χ2n) is 10.4. The van der Waals surface area contributed by atoms with E-state index in [9.17, 15) is 13.6 Å². The van der Waals surface area contributed by atoms with E-state index < -0.39 is 11.6 Å². The minimum atomic E-state index is -0.470. The Labute approximate surface area is 221 Å². The first-order valence-electron chi connectivity index (χ1n) is 13.5. The highest BCUT2D eigenvalue weighted by Crippen LogP contribution is 2.30. The molecule has 9 heteroatoms. The molecule has 0 spiro atoms. The Morgan fingerprint density at radius 3 is 2.63 bits per heavy atom. The fourth-order valence-electron chi connectivity index (χ4n) is 5.81. The molecule has 4 heterocycles. The van der Waals surface area contributed by atoms with Crippen LogP contribution in [0.3, 0.4) is 0 Å². The molecule has 38 heavy (non-hydrogen) atoms. The van der Waals surface area contributed by atoms with Gasteiger partial charge in [-0.15, -0.1) is 0 Å². The van der Waals surface area contributed by atoms with Crippen molar-refractivity contribution in [3.8, 4) is 11.3 Å². The Bertz CT molecular complexity index is 1310. The van der Waals surface area contributed by atoms with E-state index >= 15 is 0 Å². The van der Waals surface area contributed by atoms with Gasteiger partial charge in [0.1, 0.15) is 11.6 Å². The lowest BCUT2D eigenvalue weighted by atomic mass is 10.1. The molecule has 0 saturated carbocycles. The highest BCUT2D eigenvalue weighted by Gasteiger charge is 2.31. The maximum absolute atomic E-state index is 14.3. The van der Waals surface area contributed by atoms with Crippen LogP contribution in [0.1, 0.15) is 41.6 Å². The molecule has 1 N–H and O–H groups in total. The quantitative estimate of drug-likeness (QED) is 0.517. The van der Waals surface area contributed by atoms with Crippen molar-refractivity contribution in [3.05, 3.63) is 71.4 Å². The first-order valence-corrected chi connectivity index (χ1v) is 13.5. The number of hydrogen-bond acceptors (Lipinski definition) is 6. The van der Waals surface area contributed by atoms with Gasteiger partial charge in [0, 0.05) is 55.5 Å². The van der Waals surface area contributed by atoms with E-state index in [2.05, 4.69) is 15.2 Å². The molecule has 198 valence electrons. The maximum Gasteiger partial charge on any atom is 0.254 e. The number of nitrogens with one attached hydrogen (secondary N) is 1. The van der Waals surface area contributed by atoms with Gasteiger partial charge in [-0.25, -0.2) is 18.7 Å². The lowest BCUT2D eigenvalue weighted by Gasteiger charge is -2.30. The van der Waals surface area contributed by atoms with Crippen LogP contribution in [0.15, 0.2) is 48.7 Å². The number of nitrogens with zero attached hydrogens (tertiary/aromatic N) is 5. The lowest BCUT2D eigenvalue weighted by Crippen LogP contribution is -2.42. The number of benzene rings is 2. The molecule has 2 fully saturated rings. The van der Waals surface area contributed by atoms with Crippen LogP contribution in [-0.2, 0) is 6.54 Å². The van der Waals surface area contributed by atoms with E-state index in [1.165, 1.54) is 18.9 Å². The molecule has 3 aliphatic heterocycles. The van der Waals surface area contributed by atoms with Gasteiger partial charge in [0.05, 0.1) is 11.9 Å². The summed E-state index contributed by atoms with van der Waals surface area (Å²) < 4.78 is 28.0. The third kappa shape index (κ3) is 5.07. The van der Waals surface area contributed by atoms with Crippen molar-refractivity contribution in [1.29, 1.82) is 0 Å². The number of carbonyl (C=O) groups excluding carboxylic acids is 1. The molecule has 0 bridgehead atoms. The normalized spacial score (nSPS) is 19.5. The molecule has 1 aromatic heterocycles. The van der Waals surface area contributed by atoms with Gasteiger partial charge in [-0.2, -0.15) is 0 Å². The van der Waals surface area contributed by atoms with Crippen molar-refractivity contribution in [2.75, 3.05) is 49.5 Å². The molecule has 1 atom stereocenters. The van der Waals surface area contributed by atoms with Gasteiger partial charge in [-0.1, -0.05) is 12.1 Å². The number of fused-ring (bicyclic) bond motifs is 1. The highest BCUT2D eigenvalue weighted by atomic mass is 19.1. The largest absolute Gasteiger partial charge is 0.365 e. The van der Waals surface area contributed by atoms with Crippen LogP contribution in [0.25, 0.3) is 11.3 Å². The van der Waals surface area contributed by atoms with E-state index in [-0.39, 0.29) is 24.1 Å². The fraction of sp³-hybridized carbons (Fsp3) is 0.414. The zero-order valence-electron chi connectivity index (χ0n) is 21.4. The van der Waals surface area contributed by atoms with Crippen LogP contribution >= 0.6 is 0 Å². The molecule has 2 saturated heterocycles. The summed E-state index contributed by atoms with van der Waals surface area (Å²) in [6.07, 6.45) is 6.32. The average Bonchev–Trinajstić information content (AvgIpc) is 3.63. The second-order valence-corrected chi connectivity index (χ2v) is 10.4. The number of amides is 1. The number of hydrogen-bond donors (Lipinski definition) is 1. The fourth-order valence-corrected chi connectivity index (χ4v) is 5.81. The van der Waals surface area contributed by atoms with Crippen molar-refractivity contribution in [2.24, 2.45) is 0 Å². The van der Waals surface area contributed by atoms with Crippen molar-refractivity contribution in [3.63, 3.8) is 0 Å². The van der Waals surface area contributed by atoms with Crippen molar-refractivity contribution < 1.29 is 13.6 Å². The molecule has 1 amide bonds. The van der Waals surface area contributed by atoms with Crippen molar-refractivity contribution in [1.82, 2.24) is 19.8 Å². The predicted molar refractivity (Wildman–Crippen MR) is 143 cm³/mol. The van der Waals surface area contributed by atoms with E-state index in [1.807, 2.05) is 34.1 Å². The van der Waals surface area contributed by atoms with E-state index in [0.29, 0.717) is 36.0 Å². The molecule has 0 radical (unpaired) electrons. The smallest absolute Gasteiger partial charge is 0.254 e. The predicted octanol–water partition coefficient (Wildman–Crippen LogP) is 4.55. The van der Waals surface area contributed by atoms with Gasteiger partial charge < -0.3 is 20.0 Å². The van der Waals surface area contributed by atoms with Crippen LogP contribution < -0.4 is 10.2 Å². The van der Waals surface area contributed by atoms with Crippen molar-refractivity contribution >= 4 is 17.5 Å². The summed E-state index contributed by atoms with van der Waals surface area (Å²) in [6.45, 7) is 5.46. The maximum atomic E-state index is 14.3. The Morgan fingerprint density at radius 1 is 1.00 bits per heavy atom. The van der Waals surface area contributed by atoms with Crippen LogP contribution in [0.2, 0.25) is 0 Å². The topological polar surface area (TPSA) is 64.6 Å². The monoisotopic (exact) mass is 518 g/mol. The molecule has 3 aromatic rings. The Balaban J connectivity index is 1.19. The third-order valence-electron chi connectivity index (χ3n) is 7.83. The number of aromatic nitrogens is 2. The first kappa shape index (κ1) is 24.7. The van der Waals surface area contributed by atoms with Crippen LogP contribution in [0.5, 0.6) is 0 Å². The molecule has 2 aromatic carbocycles. The summed E-state index contributed by atoms with van der Waals surface area (Å²) in [4.78, 5) is 29.1. The summed E-state index contributed by atoms with van der Waals surface area (Å²) in [5.74, 6) is 0.377. The van der Waals surface area contributed by atoms with Gasteiger partial charge >= 0.3 is 0 Å². The Kier molecular flexibility index (Phi) is 6.93. The Hall–Kier alpha value is -3.59. The number of likely N-dealkylation sites (tertiary alicyclic amines) is 2. The van der Waals surface area contributed by atoms with Gasteiger partial charge in [0.2, 0.25) is 0 Å². The summed E-state index contributed by atoms with van der Waals surface area (Å²) in [7, 11) is 0. The molecule has 0 aliphatic carbocycles. The first-order chi connectivity index (χ1) is 18.5. The number of rotatable bonds is 6. The van der Waals surface area contributed by atoms with Crippen LogP contribution in [0.4, 0.5) is 20.4 Å². The van der Waals surface area contributed by atoms with E-state index in [4.69, 9.17) is 4.98 Å². The van der Waals surface area contributed by atoms with E-state index in [1.54, 1.807) is 6.20 Å². The standard InChI is InChI=1S/C29H32F2N6O/c30-23-9-10-25(31)22(16-23)18-36-15-11-32-27-28(36)34-26(17-33-27)20-5-7-21(8-6-20)29(38)37-14-3-4-24(37)19-35-12-1-2-13-35/h5-10,16-17,24H,1-4,11-15,18-19H2,(H,32,33)/t24-/m0/s1. The SMILES string of the molecule is O=C(c1ccc(-c2cnc3c(n2)N(Cc2cc(F)ccc2F)CCN3)cc1)N1CCC[C@H]1CN1CCCC1. The van der Waals surface area contributed by atoms with Gasteiger partial charge in [0.25, 0.3) is 5.91 Å². The number of halogens is 2. The molecule has 7 nitrogen and oxygen atoms in total. The summed E-state index contributed by atoms with van der Waals surface area (Å²) in [5, 5.41) is 3.23. The average molecular weight is 519 g/mol. The second kappa shape index (κ2) is 10.6. The van der Waals surface area contributed by atoms with Crippen LogP contribution in [0, 0.1) is 11.6 Å². The molecule has 0 unspecified atom stereocenters. The summed E-state index contributed by atoms with van der Waals surface area (Å²) in [5.41, 5.74) is 2.45. The van der Waals surface area contributed by atoms with Crippen LogP contribution in [-0.4, -0.2) is 71.0 Å². The Morgan fingerprint density at radius 2 is 1.82 bits per heavy atom. The molecular weight excluding hydrogens is 486 g/mol. The number of anilines is 2. The van der Waals surface area contributed by atoms with Gasteiger partial charge in [-0.3, -0.25) is 4.79 Å². The zero-order valence-corrected chi connectivity index (χ0v) is 21.4. The summed E-state index contributed by atoms with van der Waals surface area (Å²) >= 11 is 0. The zero-order chi connectivity index (χ0) is 26.1. The lowest BCUT2D eigenvalue weighted by molar-refractivity contribution is 0.0709. The molecular formula is C29H32F2N6O. The molecule has 6 rings (SSSR count). The highest BCUT2D eigenvalue weighted by molar-refractivity contribution is 5.95. The van der Waals surface area contributed by atoms with Gasteiger partial charge in [-0.05, 0) is 69.1 Å². The minimum Gasteiger partial charge on any atom is -0.365 e. The van der Waals surface area contributed by atoms with Crippen molar-refractivity contribution in [2.45, 2.75) is 38.3 Å². The van der Waals surface area contributed by atoms with Gasteiger partial charge in [0.15, 0.2) is 11.6 Å². The summed E-state index contributed by atoms with van der Waals surface area (Å²) in [6, 6.07) is 11.3.